The number of sulfonamides is 3. The molecule has 6 aromatic rings. The van der Waals surface area contributed by atoms with E-state index in [1.54, 1.807) is 30.3 Å². The number of alkyl halides is 1. The van der Waals surface area contributed by atoms with Gasteiger partial charge in [-0.1, -0.05) is 80.2 Å². The molecule has 2 unspecified atom stereocenters. The van der Waals surface area contributed by atoms with Gasteiger partial charge in [-0.15, -0.1) is 0 Å². The number of hydrogen-bond donors (Lipinski definition) is 2. The van der Waals surface area contributed by atoms with Crippen LogP contribution in [0.4, 0.5) is 31.0 Å². The van der Waals surface area contributed by atoms with Gasteiger partial charge in [0.15, 0.2) is 0 Å². The van der Waals surface area contributed by atoms with Crippen molar-refractivity contribution in [3.8, 4) is 39.8 Å². The Hall–Kier alpha value is -4.44. The number of halogens is 5. The van der Waals surface area contributed by atoms with Crippen LogP contribution in [0.15, 0.2) is 72.8 Å². The number of nitrogens with zero attached hydrogens (tertiary/aromatic N) is 10. The molecule has 0 fully saturated rings. The Kier molecular flexibility index (Phi) is 39.6. The number of rotatable bonds is 15. The van der Waals surface area contributed by atoms with E-state index in [0.29, 0.717) is 44.8 Å². The van der Waals surface area contributed by atoms with Crippen molar-refractivity contribution in [2.45, 2.75) is 85.1 Å². The van der Waals surface area contributed by atoms with E-state index in [4.69, 9.17) is 22.8 Å². The molecule has 472 valence electrons. The van der Waals surface area contributed by atoms with Crippen molar-refractivity contribution in [1.82, 2.24) is 29.9 Å². The van der Waals surface area contributed by atoms with Crippen LogP contribution in [0.25, 0.3) is 33.8 Å². The summed E-state index contributed by atoms with van der Waals surface area (Å²) in [6, 6.07) is 19.3. The maximum absolute atomic E-state index is 13.2. The molecule has 0 saturated heterocycles. The molecule has 0 radical (unpaired) electrons. The van der Waals surface area contributed by atoms with Crippen LogP contribution in [0.1, 0.15) is 100.0 Å². The van der Waals surface area contributed by atoms with Crippen LogP contribution in [0.5, 0.6) is 0 Å². The van der Waals surface area contributed by atoms with Crippen LogP contribution >= 0.6 is 47.4 Å². The molecule has 0 aliphatic heterocycles. The Labute approximate surface area is 548 Å². The van der Waals surface area contributed by atoms with Crippen molar-refractivity contribution in [2.24, 2.45) is 0 Å². The molecule has 0 aliphatic rings. The number of benzene rings is 3. The monoisotopic (exact) mass is 1440 g/mol. The van der Waals surface area contributed by atoms with Gasteiger partial charge in [0.25, 0.3) is 6.47 Å². The number of carbonyl (C=O) groups excluding carboxylic acids is 1. The van der Waals surface area contributed by atoms with Crippen LogP contribution in [0.3, 0.4) is 0 Å². The molecule has 0 saturated carbocycles. The largest absolute Gasteiger partial charge is 1.00 e. The van der Waals surface area contributed by atoms with Crippen LogP contribution in [-0.4, -0.2) is 133 Å². The molecule has 3 aromatic carbocycles. The summed E-state index contributed by atoms with van der Waals surface area (Å²) in [5.41, 5.74) is 7.89. The SMILES string of the molecule is CC#N.CC(C)c1nc(N(C)S(C)(=O)=O)nc(-c2ccc(F)cc2)c1CBr.CC(C)c1nc(N(C)S(C)(=O)=O)nc(-c2ccc(F)cc2)c1CO.Cc1c(-c2ccc(F)cc2)nc(N(C)S(C)(=O)=O)nc1C(C)C.O.O=CO[O-].[2H]P(C)Br.[2H]P(C)O.[Na+]. The van der Waals surface area contributed by atoms with Gasteiger partial charge in [-0.2, -0.15) is 5.26 Å². The zero-order chi connectivity index (χ0) is 66.8. The van der Waals surface area contributed by atoms with E-state index in [9.17, 15) is 43.5 Å². The van der Waals surface area contributed by atoms with Gasteiger partial charge in [-0.05, 0) is 116 Å². The van der Waals surface area contributed by atoms with Crippen molar-refractivity contribution in [3.05, 3.63) is 124 Å². The first-order chi connectivity index (χ1) is 39.7. The molecular weight excluding hydrogens is 1370 g/mol. The third kappa shape index (κ3) is 27.9. The maximum atomic E-state index is 13.2. The average molecular weight is 1440 g/mol. The van der Waals surface area contributed by atoms with Crippen LogP contribution in [0.2, 0.25) is 0 Å². The van der Waals surface area contributed by atoms with Gasteiger partial charge in [0.2, 0.25) is 47.9 Å². The Morgan fingerprint density at radius 1 is 0.651 bits per heavy atom. The van der Waals surface area contributed by atoms with Crippen molar-refractivity contribution in [2.75, 3.05) is 66.2 Å². The summed E-state index contributed by atoms with van der Waals surface area (Å²) in [6.45, 7) is 17.8. The van der Waals surface area contributed by atoms with Crippen molar-refractivity contribution < 1.29 is 98.4 Å². The number of hydrogen-bond acceptors (Lipinski definition) is 18. The smallest absolute Gasteiger partial charge is 0.662 e. The van der Waals surface area contributed by atoms with E-state index in [1.165, 1.54) is 83.3 Å². The van der Waals surface area contributed by atoms with E-state index in [-0.39, 0.29) is 95.3 Å². The van der Waals surface area contributed by atoms with Crippen molar-refractivity contribution >= 4 is 102 Å². The summed E-state index contributed by atoms with van der Waals surface area (Å²) in [5.74, 6) is -0.722. The van der Waals surface area contributed by atoms with Gasteiger partial charge < -0.3 is 25.6 Å². The molecule has 33 heteroatoms. The minimum Gasteiger partial charge on any atom is -0.662 e. The van der Waals surface area contributed by atoms with Crippen LogP contribution < -0.4 is 47.7 Å². The third-order valence-electron chi connectivity index (χ3n) is 10.9. The van der Waals surface area contributed by atoms with Crippen molar-refractivity contribution in [1.29, 1.82) is 7.82 Å². The molecule has 0 spiro atoms. The van der Waals surface area contributed by atoms with Crippen LogP contribution in [-0.2, 0) is 51.7 Å². The van der Waals surface area contributed by atoms with E-state index >= 15 is 0 Å². The minimum absolute atomic E-state index is 0. The quantitative estimate of drug-likeness (QED) is 0.0295. The standard InChI is InChI=1S/C16H19BrFN3O2S.C16H20FN3O3S.C16H20FN3O2S.C2H3N.CH4BrP.CH2O3.CH5OP.Na.H2O/c1-10(2)14-13(9-17)15(11-5-7-12(18)8-6-11)20-16(19-14)21(3)24(4,22)23;1-10(2)14-13(9-21)15(11-5-7-12(17)8-6-11)19-16(18-14)20(3)24(4,22)23;1-10(2)14-11(3)15(12-6-8-13(17)9-7-12)19-16(18-14)20(4)23(5,21)22;1-2-3;1-3-2;2-1-4-3;1-3-2;;/h5-8,10H,9H2,1-4H3;5-8,10,21H,9H2,1-4H3;6-10H,1-5H3;1H3;3H,1H3;1,3H;2-3H,1H3;;1H2/q;;;;;;;+1;/p-1/i;;;;3D;;3D;;. The molecule has 22 nitrogen and oxygen atoms in total. The second-order valence-electron chi connectivity index (χ2n) is 18.1. The molecule has 3 heterocycles. The van der Waals surface area contributed by atoms with Gasteiger partial charge in [-0.25, -0.2) is 81.2 Å². The first-order valence-electron chi connectivity index (χ1n) is 25.4. The zero-order valence-electron chi connectivity index (χ0n) is 52.7. The Morgan fingerprint density at radius 3 is 1.12 bits per heavy atom. The molecule has 4 N–H and O–H groups in total. The number of aliphatic hydroxyl groups excluding tert-OH is 1. The average Bonchev–Trinajstić information content (AvgIpc) is 2.15. The summed E-state index contributed by atoms with van der Waals surface area (Å²) in [4.78, 5) is 45.3. The fourth-order valence-electron chi connectivity index (χ4n) is 6.75. The number of aromatic nitrogens is 6. The number of carbonyl (C=O) groups is 1. The molecule has 2 atom stereocenters. The Morgan fingerprint density at radius 2 is 0.884 bits per heavy atom. The minimum atomic E-state index is -3.54. The van der Waals surface area contributed by atoms with Gasteiger partial charge in [-0.3, -0.25) is 4.79 Å². The van der Waals surface area contributed by atoms with Crippen LogP contribution in [0, 0.1) is 35.7 Å². The summed E-state index contributed by atoms with van der Waals surface area (Å²) in [6.07, 6.45) is 3.26. The molecule has 0 bridgehead atoms. The predicted octanol–water partition coefficient (Wildman–Crippen LogP) is 6.05. The zero-order valence-corrected chi connectivity index (χ0v) is 60.1. The first-order valence-corrected chi connectivity index (χ1v) is 35.8. The van der Waals surface area contributed by atoms with E-state index in [1.807, 2.05) is 55.1 Å². The second kappa shape index (κ2) is 41.7. The molecule has 0 aliphatic carbocycles. The number of aliphatic hydroxyl groups is 1. The Bertz CT molecular complexity index is 3360. The van der Waals surface area contributed by atoms with E-state index < -0.39 is 51.9 Å². The van der Waals surface area contributed by atoms with Gasteiger partial charge >= 0.3 is 29.6 Å². The summed E-state index contributed by atoms with van der Waals surface area (Å²) < 4.78 is 126. The van der Waals surface area contributed by atoms with Crippen molar-refractivity contribution in [3.63, 3.8) is 0 Å². The predicted molar refractivity (Wildman–Crippen MR) is 339 cm³/mol. The molecule has 0 amide bonds. The number of nitriles is 1. The van der Waals surface area contributed by atoms with E-state index in [0.717, 1.165) is 59.8 Å². The molecular formula is C53H74Br2F3N10NaO12P2S3. The summed E-state index contributed by atoms with van der Waals surface area (Å²) in [7, 11) is -8.23. The van der Waals surface area contributed by atoms with Gasteiger partial charge in [0.1, 0.15) is 17.5 Å². The van der Waals surface area contributed by atoms with Gasteiger partial charge in [0.05, 0.1) is 68.2 Å². The third-order valence-corrected chi connectivity index (χ3v) is 14.9. The molecule has 6 rings (SSSR count). The van der Waals surface area contributed by atoms with Gasteiger partial charge in [0, 0.05) is 70.0 Å². The Balaban J connectivity index is -0.00000109. The second-order valence-corrected chi connectivity index (χ2v) is 27.6. The topological polar surface area (TPSA) is 335 Å². The number of anilines is 3. The molecule has 86 heavy (non-hydrogen) atoms. The fraction of sp³-hybridized carbons (Fsp3) is 0.396. The maximum Gasteiger partial charge on any atom is 1.00 e. The summed E-state index contributed by atoms with van der Waals surface area (Å²) in [5, 5.41) is 26.0. The van der Waals surface area contributed by atoms with E-state index in [2.05, 4.69) is 66.2 Å². The molecule has 3 aromatic heterocycles. The normalized spacial score (nSPS) is 11.6. The fourth-order valence-corrected chi connectivity index (χ4v) is 8.44. The summed E-state index contributed by atoms with van der Waals surface area (Å²) >= 11 is 6.46. The first kappa shape index (κ1) is 81.6.